The summed E-state index contributed by atoms with van der Waals surface area (Å²) >= 11 is 0.937. The Morgan fingerprint density at radius 2 is 1.60 bits per heavy atom. The molecule has 2 amide bonds. The van der Waals surface area contributed by atoms with Crippen molar-refractivity contribution in [2.75, 3.05) is 13.1 Å². The Bertz CT molecular complexity index is 764. The summed E-state index contributed by atoms with van der Waals surface area (Å²) in [5.74, 6) is -1.38. The van der Waals surface area contributed by atoms with Gasteiger partial charge in [0.05, 0.1) is 4.88 Å². The summed E-state index contributed by atoms with van der Waals surface area (Å²) in [4.78, 5) is 37.3. The first-order chi connectivity index (χ1) is 12.0. The number of thiophene rings is 1. The van der Waals surface area contributed by atoms with E-state index in [2.05, 4.69) is 5.32 Å². The minimum atomic E-state index is -1.04. The lowest BCUT2D eigenvalue weighted by atomic mass is 10.1. The molecule has 2 aromatic rings. The Labute approximate surface area is 150 Å². The van der Waals surface area contributed by atoms with E-state index in [1.807, 2.05) is 13.8 Å². The van der Waals surface area contributed by atoms with Crippen molar-refractivity contribution >= 4 is 29.1 Å². The molecule has 6 nitrogen and oxygen atoms in total. The number of hydrogen-bond donors (Lipinski definition) is 2. The second-order valence-electron chi connectivity index (χ2n) is 5.33. The predicted molar refractivity (Wildman–Crippen MR) is 96.1 cm³/mol. The Balaban J connectivity index is 1.95. The van der Waals surface area contributed by atoms with E-state index in [0.717, 1.165) is 16.9 Å². The van der Waals surface area contributed by atoms with Gasteiger partial charge >= 0.3 is 5.97 Å². The number of carbonyl (C=O) groups is 3. The second-order valence-corrected chi connectivity index (χ2v) is 6.41. The van der Waals surface area contributed by atoms with Gasteiger partial charge in [0.1, 0.15) is 4.88 Å². The van der Waals surface area contributed by atoms with E-state index < -0.39 is 5.97 Å². The smallest absolute Gasteiger partial charge is 0.345 e. The lowest BCUT2D eigenvalue weighted by Gasteiger charge is -2.18. The normalized spacial score (nSPS) is 10.3. The van der Waals surface area contributed by atoms with Crippen LogP contribution in [0.3, 0.4) is 0 Å². The fourth-order valence-corrected chi connectivity index (χ4v) is 3.06. The lowest BCUT2D eigenvalue weighted by Crippen LogP contribution is -2.30. The van der Waals surface area contributed by atoms with Gasteiger partial charge in [0.25, 0.3) is 11.8 Å². The first kappa shape index (κ1) is 18.7. The molecule has 25 heavy (non-hydrogen) atoms. The molecule has 0 aliphatic rings. The zero-order chi connectivity index (χ0) is 18.4. The third-order valence-corrected chi connectivity index (χ3v) is 4.82. The summed E-state index contributed by atoms with van der Waals surface area (Å²) in [6.07, 6.45) is 0. The quantitative estimate of drug-likeness (QED) is 0.795. The molecule has 132 valence electrons. The highest BCUT2D eigenvalue weighted by Gasteiger charge is 2.14. The molecule has 0 fully saturated rings. The number of rotatable bonds is 7. The van der Waals surface area contributed by atoms with Crippen molar-refractivity contribution in [2.45, 2.75) is 20.4 Å². The number of carboxylic acids is 1. The Hall–Kier alpha value is -2.67. The van der Waals surface area contributed by atoms with Crippen LogP contribution in [0.15, 0.2) is 36.4 Å². The van der Waals surface area contributed by atoms with Crippen LogP contribution in [-0.2, 0) is 6.54 Å². The lowest BCUT2D eigenvalue weighted by molar-refractivity contribution is 0.0701. The molecule has 0 saturated carbocycles. The Kier molecular flexibility index (Phi) is 6.30. The fraction of sp³-hybridized carbons (Fsp3) is 0.278. The summed E-state index contributed by atoms with van der Waals surface area (Å²) in [5, 5.41) is 11.6. The van der Waals surface area contributed by atoms with Gasteiger partial charge in [-0.05, 0) is 43.7 Å². The maximum atomic E-state index is 12.2. The standard InChI is InChI=1S/C18H20N2O4S/c1-3-20(4-2)17(22)13-7-5-12(6-8-13)11-19-16(21)14-9-10-15(25-14)18(23)24/h5-10H,3-4,11H2,1-2H3,(H,19,21)(H,23,24). The zero-order valence-corrected chi connectivity index (χ0v) is 14.9. The minimum Gasteiger partial charge on any atom is -0.477 e. The molecule has 7 heteroatoms. The Morgan fingerprint density at radius 3 is 2.12 bits per heavy atom. The van der Waals surface area contributed by atoms with Crippen LogP contribution in [0.2, 0.25) is 0 Å². The molecule has 0 radical (unpaired) electrons. The van der Waals surface area contributed by atoms with E-state index in [1.165, 1.54) is 12.1 Å². The van der Waals surface area contributed by atoms with Crippen molar-refractivity contribution in [3.63, 3.8) is 0 Å². The third kappa shape index (κ3) is 4.67. The average Bonchev–Trinajstić information content (AvgIpc) is 3.11. The molecule has 0 unspecified atom stereocenters. The van der Waals surface area contributed by atoms with Gasteiger partial charge in [0.2, 0.25) is 0 Å². The summed E-state index contributed by atoms with van der Waals surface area (Å²) in [7, 11) is 0. The molecule has 2 rings (SSSR count). The molecular formula is C18H20N2O4S. The van der Waals surface area contributed by atoms with Gasteiger partial charge in [-0.15, -0.1) is 11.3 Å². The van der Waals surface area contributed by atoms with E-state index >= 15 is 0 Å². The van der Waals surface area contributed by atoms with Gasteiger partial charge in [-0.1, -0.05) is 12.1 Å². The van der Waals surface area contributed by atoms with E-state index in [1.54, 1.807) is 29.2 Å². The van der Waals surface area contributed by atoms with Gasteiger partial charge in [-0.25, -0.2) is 4.79 Å². The topological polar surface area (TPSA) is 86.7 Å². The van der Waals surface area contributed by atoms with Crippen LogP contribution in [0.5, 0.6) is 0 Å². The van der Waals surface area contributed by atoms with Crippen LogP contribution in [-0.4, -0.2) is 40.9 Å². The summed E-state index contributed by atoms with van der Waals surface area (Å²) in [6.45, 7) is 5.49. The zero-order valence-electron chi connectivity index (χ0n) is 14.1. The number of carbonyl (C=O) groups excluding carboxylic acids is 2. The first-order valence-electron chi connectivity index (χ1n) is 7.95. The largest absolute Gasteiger partial charge is 0.477 e. The van der Waals surface area contributed by atoms with Crippen LogP contribution in [0, 0.1) is 0 Å². The summed E-state index contributed by atoms with van der Waals surface area (Å²) in [6, 6.07) is 10.00. The second kappa shape index (κ2) is 8.43. The molecule has 0 bridgehead atoms. The molecule has 1 aromatic carbocycles. The number of benzene rings is 1. The van der Waals surface area contributed by atoms with Crippen LogP contribution < -0.4 is 5.32 Å². The number of nitrogens with one attached hydrogen (secondary N) is 1. The molecule has 0 aliphatic carbocycles. The van der Waals surface area contributed by atoms with Crippen molar-refractivity contribution in [1.29, 1.82) is 0 Å². The van der Waals surface area contributed by atoms with Crippen molar-refractivity contribution in [2.24, 2.45) is 0 Å². The highest BCUT2D eigenvalue weighted by Crippen LogP contribution is 2.16. The van der Waals surface area contributed by atoms with Gasteiger partial charge in [0, 0.05) is 25.2 Å². The van der Waals surface area contributed by atoms with Gasteiger partial charge < -0.3 is 15.3 Å². The third-order valence-electron chi connectivity index (χ3n) is 3.75. The van der Waals surface area contributed by atoms with E-state index in [0.29, 0.717) is 30.1 Å². The monoisotopic (exact) mass is 360 g/mol. The molecule has 1 heterocycles. The van der Waals surface area contributed by atoms with Gasteiger partial charge in [-0.2, -0.15) is 0 Å². The molecule has 0 spiro atoms. The Morgan fingerprint density at radius 1 is 1.00 bits per heavy atom. The van der Waals surface area contributed by atoms with Crippen LogP contribution >= 0.6 is 11.3 Å². The molecule has 2 N–H and O–H groups in total. The maximum absolute atomic E-state index is 12.2. The average molecular weight is 360 g/mol. The van der Waals surface area contributed by atoms with Gasteiger partial charge in [0.15, 0.2) is 0 Å². The predicted octanol–water partition coefficient (Wildman–Crippen LogP) is 2.86. The van der Waals surface area contributed by atoms with E-state index in [-0.39, 0.29) is 16.7 Å². The highest BCUT2D eigenvalue weighted by atomic mass is 32.1. The number of hydrogen-bond acceptors (Lipinski definition) is 4. The first-order valence-corrected chi connectivity index (χ1v) is 8.77. The summed E-state index contributed by atoms with van der Waals surface area (Å²) in [5.41, 5.74) is 1.47. The minimum absolute atomic E-state index is 0.0135. The SMILES string of the molecule is CCN(CC)C(=O)c1ccc(CNC(=O)c2ccc(C(=O)O)s2)cc1. The molecule has 0 atom stereocenters. The van der Waals surface area contributed by atoms with Crippen molar-refractivity contribution < 1.29 is 19.5 Å². The van der Waals surface area contributed by atoms with E-state index in [4.69, 9.17) is 5.11 Å². The molecule has 0 aliphatic heterocycles. The van der Waals surface area contributed by atoms with E-state index in [9.17, 15) is 14.4 Å². The highest BCUT2D eigenvalue weighted by molar-refractivity contribution is 7.15. The maximum Gasteiger partial charge on any atom is 0.345 e. The van der Waals surface area contributed by atoms with Crippen LogP contribution in [0.4, 0.5) is 0 Å². The van der Waals surface area contributed by atoms with Crippen LogP contribution in [0.25, 0.3) is 0 Å². The number of nitrogens with zero attached hydrogens (tertiary/aromatic N) is 1. The number of amides is 2. The summed E-state index contributed by atoms with van der Waals surface area (Å²) < 4.78 is 0. The van der Waals surface area contributed by atoms with Crippen molar-refractivity contribution in [3.05, 3.63) is 57.3 Å². The number of aromatic carboxylic acids is 1. The fourth-order valence-electron chi connectivity index (χ4n) is 2.30. The van der Waals surface area contributed by atoms with Crippen molar-refractivity contribution in [3.8, 4) is 0 Å². The molecule has 0 saturated heterocycles. The van der Waals surface area contributed by atoms with Crippen LogP contribution in [0.1, 0.15) is 49.1 Å². The molecular weight excluding hydrogens is 340 g/mol. The number of carboxylic acid groups (broad SMARTS) is 1. The van der Waals surface area contributed by atoms with Crippen molar-refractivity contribution in [1.82, 2.24) is 10.2 Å². The molecule has 1 aromatic heterocycles. The van der Waals surface area contributed by atoms with Gasteiger partial charge in [-0.3, -0.25) is 9.59 Å².